The minimum absolute atomic E-state index is 0.736. The van der Waals surface area contributed by atoms with E-state index in [1.807, 2.05) is 12.1 Å². The Morgan fingerprint density at radius 1 is 0.875 bits per heavy atom. The van der Waals surface area contributed by atoms with Gasteiger partial charge in [-0.2, -0.15) is 0 Å². The SMILES string of the molecule is CCCC=C[C@H]1CC[C@H](c2ccc(-c3ccc(Cl)cc3)cc2)CC1. The van der Waals surface area contributed by atoms with Crippen molar-refractivity contribution in [3.8, 4) is 11.1 Å². The lowest BCUT2D eigenvalue weighted by Gasteiger charge is -2.27. The van der Waals surface area contributed by atoms with Gasteiger partial charge in [-0.05, 0) is 72.8 Å². The highest BCUT2D eigenvalue weighted by molar-refractivity contribution is 6.30. The number of benzene rings is 2. The summed E-state index contributed by atoms with van der Waals surface area (Å²) >= 11 is 5.97. The van der Waals surface area contributed by atoms with Crippen molar-refractivity contribution in [3.05, 3.63) is 71.3 Å². The Labute approximate surface area is 151 Å². The molecule has 2 aromatic rings. The Morgan fingerprint density at radius 3 is 2.04 bits per heavy atom. The Bertz CT molecular complexity index is 643. The van der Waals surface area contributed by atoms with Crippen LogP contribution in [-0.2, 0) is 0 Å². The largest absolute Gasteiger partial charge is 0.0883 e. The molecule has 0 atom stereocenters. The molecule has 0 N–H and O–H groups in total. The first-order chi connectivity index (χ1) is 11.8. The lowest BCUT2D eigenvalue weighted by Crippen LogP contribution is -2.11. The molecule has 1 aliphatic carbocycles. The van der Waals surface area contributed by atoms with Crippen molar-refractivity contribution in [2.75, 3.05) is 0 Å². The Morgan fingerprint density at radius 2 is 1.46 bits per heavy atom. The molecule has 0 aromatic heterocycles. The van der Waals surface area contributed by atoms with Gasteiger partial charge in [0.15, 0.2) is 0 Å². The molecule has 3 rings (SSSR count). The van der Waals surface area contributed by atoms with Crippen LogP contribution in [0.2, 0.25) is 5.02 Å². The summed E-state index contributed by atoms with van der Waals surface area (Å²) in [6, 6.07) is 17.2. The van der Waals surface area contributed by atoms with E-state index in [-0.39, 0.29) is 0 Å². The number of halogens is 1. The predicted molar refractivity (Wildman–Crippen MR) is 106 cm³/mol. The van der Waals surface area contributed by atoms with Crippen LogP contribution in [0.1, 0.15) is 56.9 Å². The first-order valence-electron chi connectivity index (χ1n) is 9.29. The number of hydrogen-bond donors (Lipinski definition) is 0. The van der Waals surface area contributed by atoms with Crippen LogP contribution < -0.4 is 0 Å². The summed E-state index contributed by atoms with van der Waals surface area (Å²) in [6.07, 6.45) is 12.6. The van der Waals surface area contributed by atoms with Crippen molar-refractivity contribution in [1.82, 2.24) is 0 Å². The van der Waals surface area contributed by atoms with Gasteiger partial charge in [0.05, 0.1) is 0 Å². The second-order valence-corrected chi connectivity index (χ2v) is 7.39. The van der Waals surface area contributed by atoms with E-state index in [4.69, 9.17) is 11.6 Å². The highest BCUT2D eigenvalue weighted by Crippen LogP contribution is 2.37. The van der Waals surface area contributed by atoms with Crippen LogP contribution in [0.3, 0.4) is 0 Å². The molecule has 0 radical (unpaired) electrons. The normalized spacial score (nSPS) is 21.2. The molecule has 0 aliphatic heterocycles. The minimum Gasteiger partial charge on any atom is -0.0883 e. The highest BCUT2D eigenvalue weighted by atomic mass is 35.5. The van der Waals surface area contributed by atoms with Gasteiger partial charge < -0.3 is 0 Å². The van der Waals surface area contributed by atoms with Crippen molar-refractivity contribution in [2.45, 2.75) is 51.4 Å². The lowest BCUT2D eigenvalue weighted by molar-refractivity contribution is 0.375. The summed E-state index contributed by atoms with van der Waals surface area (Å²) in [6.45, 7) is 2.24. The van der Waals surface area contributed by atoms with Crippen LogP contribution >= 0.6 is 11.6 Å². The Hall–Kier alpha value is -1.53. The van der Waals surface area contributed by atoms with Gasteiger partial charge in [-0.1, -0.05) is 73.5 Å². The van der Waals surface area contributed by atoms with E-state index in [9.17, 15) is 0 Å². The van der Waals surface area contributed by atoms with Crippen molar-refractivity contribution < 1.29 is 0 Å². The molecule has 0 amide bonds. The van der Waals surface area contributed by atoms with Crippen LogP contribution in [0.4, 0.5) is 0 Å². The monoisotopic (exact) mass is 338 g/mol. The van der Waals surface area contributed by atoms with Crippen molar-refractivity contribution >= 4 is 11.6 Å². The first-order valence-corrected chi connectivity index (χ1v) is 9.66. The molecule has 0 nitrogen and oxygen atoms in total. The summed E-state index contributed by atoms with van der Waals surface area (Å²) in [7, 11) is 0. The zero-order chi connectivity index (χ0) is 16.8. The fourth-order valence-electron chi connectivity index (χ4n) is 3.69. The summed E-state index contributed by atoms with van der Waals surface area (Å²) in [5.41, 5.74) is 4.01. The van der Waals surface area contributed by atoms with Crippen LogP contribution in [0.15, 0.2) is 60.7 Å². The molecule has 24 heavy (non-hydrogen) atoms. The third-order valence-corrected chi connectivity index (χ3v) is 5.45. The number of allylic oxidation sites excluding steroid dienone is 2. The maximum absolute atomic E-state index is 5.97. The van der Waals surface area contributed by atoms with Crippen LogP contribution in [-0.4, -0.2) is 0 Å². The minimum atomic E-state index is 0.736. The van der Waals surface area contributed by atoms with Crippen LogP contribution in [0, 0.1) is 5.92 Å². The molecule has 1 aliphatic rings. The number of unbranched alkanes of at least 4 members (excludes halogenated alkanes) is 1. The first kappa shape index (κ1) is 17.3. The molecular formula is C23H27Cl. The zero-order valence-corrected chi connectivity index (χ0v) is 15.3. The van der Waals surface area contributed by atoms with Crippen molar-refractivity contribution in [3.63, 3.8) is 0 Å². The Kier molecular flexibility index (Phi) is 6.15. The van der Waals surface area contributed by atoms with Crippen molar-refractivity contribution in [2.24, 2.45) is 5.92 Å². The molecule has 1 heteroatoms. The van der Waals surface area contributed by atoms with Gasteiger partial charge in [0, 0.05) is 5.02 Å². The van der Waals surface area contributed by atoms with Gasteiger partial charge in [-0.15, -0.1) is 0 Å². The van der Waals surface area contributed by atoms with E-state index in [1.165, 1.54) is 55.2 Å². The summed E-state index contributed by atoms with van der Waals surface area (Å²) in [5, 5.41) is 0.792. The molecule has 126 valence electrons. The number of rotatable bonds is 5. The molecule has 0 heterocycles. The number of hydrogen-bond acceptors (Lipinski definition) is 0. The van der Waals surface area contributed by atoms with E-state index < -0.39 is 0 Å². The van der Waals surface area contributed by atoms with E-state index >= 15 is 0 Å². The second kappa shape index (κ2) is 8.53. The molecule has 1 fully saturated rings. The van der Waals surface area contributed by atoms with E-state index in [2.05, 4.69) is 55.5 Å². The molecular weight excluding hydrogens is 312 g/mol. The van der Waals surface area contributed by atoms with Gasteiger partial charge in [-0.3, -0.25) is 0 Å². The van der Waals surface area contributed by atoms with Crippen LogP contribution in [0.5, 0.6) is 0 Å². The maximum Gasteiger partial charge on any atom is 0.0406 e. The summed E-state index contributed by atoms with van der Waals surface area (Å²) in [4.78, 5) is 0. The Balaban J connectivity index is 1.59. The second-order valence-electron chi connectivity index (χ2n) is 6.96. The molecule has 0 bridgehead atoms. The molecule has 0 unspecified atom stereocenters. The molecule has 2 aromatic carbocycles. The van der Waals surface area contributed by atoms with E-state index in [0.29, 0.717) is 0 Å². The maximum atomic E-state index is 5.97. The summed E-state index contributed by atoms with van der Waals surface area (Å²) in [5.74, 6) is 1.54. The quantitative estimate of drug-likeness (QED) is 0.491. The molecule has 0 saturated heterocycles. The van der Waals surface area contributed by atoms with E-state index in [0.717, 1.165) is 16.9 Å². The smallest absolute Gasteiger partial charge is 0.0406 e. The molecule has 0 spiro atoms. The third-order valence-electron chi connectivity index (χ3n) is 5.20. The van der Waals surface area contributed by atoms with Crippen LogP contribution in [0.25, 0.3) is 11.1 Å². The zero-order valence-electron chi connectivity index (χ0n) is 14.5. The lowest BCUT2D eigenvalue weighted by atomic mass is 9.78. The topological polar surface area (TPSA) is 0 Å². The fourth-order valence-corrected chi connectivity index (χ4v) is 3.82. The fraction of sp³-hybridized carbons (Fsp3) is 0.391. The average Bonchev–Trinajstić information content (AvgIpc) is 2.63. The van der Waals surface area contributed by atoms with Gasteiger partial charge in [-0.25, -0.2) is 0 Å². The predicted octanol–water partition coefficient (Wildman–Crippen LogP) is 7.64. The average molecular weight is 339 g/mol. The van der Waals surface area contributed by atoms with Gasteiger partial charge >= 0.3 is 0 Å². The van der Waals surface area contributed by atoms with E-state index in [1.54, 1.807) is 0 Å². The van der Waals surface area contributed by atoms with Gasteiger partial charge in [0.1, 0.15) is 0 Å². The highest BCUT2D eigenvalue weighted by Gasteiger charge is 2.20. The standard InChI is InChI=1S/C23H27Cl/c1-2-3-4-5-18-6-8-19(9-7-18)20-10-12-21(13-11-20)22-14-16-23(24)17-15-22/h4-5,10-19H,2-3,6-9H2,1H3/t18-,19-. The van der Waals surface area contributed by atoms with Crippen molar-refractivity contribution in [1.29, 1.82) is 0 Å². The van der Waals surface area contributed by atoms with Gasteiger partial charge in [0.25, 0.3) is 0 Å². The summed E-state index contributed by atoms with van der Waals surface area (Å²) < 4.78 is 0. The van der Waals surface area contributed by atoms with Gasteiger partial charge in [0.2, 0.25) is 0 Å². The third kappa shape index (κ3) is 4.51. The molecule has 1 saturated carbocycles.